The van der Waals surface area contributed by atoms with Gasteiger partial charge in [-0.2, -0.15) is 13.2 Å². The number of hydrogen-bond donors (Lipinski definition) is 1. The summed E-state index contributed by atoms with van der Waals surface area (Å²) in [6.07, 6.45) is -2.33. The van der Waals surface area contributed by atoms with Crippen LogP contribution in [0.3, 0.4) is 0 Å². The Labute approximate surface area is 86.2 Å². The molecule has 1 atom stereocenters. The number of carbonyl (C=O) groups excluding carboxylic acids is 1. The van der Waals surface area contributed by atoms with Gasteiger partial charge in [0, 0.05) is 12.5 Å². The number of ketones is 1. The van der Waals surface area contributed by atoms with E-state index in [1.54, 1.807) is 0 Å². The molecule has 0 aromatic rings. The number of rotatable bonds is 2. The zero-order valence-corrected chi connectivity index (χ0v) is 8.36. The lowest BCUT2D eigenvalue weighted by Gasteiger charge is -2.36. The fraction of sp³-hybridized carbons (Fsp3) is 0.900. The third-order valence-electron chi connectivity index (χ3n) is 3.65. The van der Waals surface area contributed by atoms with Crippen molar-refractivity contribution in [2.24, 2.45) is 11.3 Å². The molecule has 0 aromatic heterocycles. The summed E-state index contributed by atoms with van der Waals surface area (Å²) in [6.45, 7) is 0.0593. The van der Waals surface area contributed by atoms with Crippen molar-refractivity contribution in [3.63, 3.8) is 0 Å². The van der Waals surface area contributed by atoms with Gasteiger partial charge in [0.05, 0.1) is 0 Å². The van der Waals surface area contributed by atoms with Gasteiger partial charge in [-0.25, -0.2) is 0 Å². The highest BCUT2D eigenvalue weighted by Gasteiger charge is 2.62. The first kappa shape index (κ1) is 10.9. The van der Waals surface area contributed by atoms with Crippen molar-refractivity contribution >= 4 is 5.78 Å². The molecule has 1 saturated heterocycles. The van der Waals surface area contributed by atoms with Crippen molar-refractivity contribution in [3.8, 4) is 0 Å². The molecule has 2 aliphatic rings. The molecule has 0 bridgehead atoms. The van der Waals surface area contributed by atoms with Crippen LogP contribution in [0.5, 0.6) is 0 Å². The van der Waals surface area contributed by atoms with Crippen LogP contribution in [0.25, 0.3) is 0 Å². The van der Waals surface area contributed by atoms with Gasteiger partial charge in [0.15, 0.2) is 5.78 Å². The summed E-state index contributed by atoms with van der Waals surface area (Å²) in [5.41, 5.74) is -2.09. The predicted octanol–water partition coefficient (Wildman–Crippen LogP) is 1.90. The summed E-state index contributed by atoms with van der Waals surface area (Å²) in [7, 11) is 0. The second-order valence-corrected chi connectivity index (χ2v) is 4.50. The fourth-order valence-corrected chi connectivity index (χ4v) is 2.35. The second kappa shape index (κ2) is 3.47. The van der Waals surface area contributed by atoms with E-state index in [1.807, 2.05) is 0 Å². The predicted molar refractivity (Wildman–Crippen MR) is 48.3 cm³/mol. The maximum absolute atomic E-state index is 12.9. The lowest BCUT2D eigenvalue weighted by Crippen LogP contribution is -2.50. The van der Waals surface area contributed by atoms with Crippen LogP contribution in [-0.2, 0) is 4.79 Å². The molecule has 1 saturated carbocycles. The maximum atomic E-state index is 12.9. The van der Waals surface area contributed by atoms with Gasteiger partial charge in [-0.1, -0.05) is 6.42 Å². The Kier molecular flexibility index (Phi) is 2.53. The van der Waals surface area contributed by atoms with Crippen LogP contribution in [0.4, 0.5) is 13.2 Å². The van der Waals surface area contributed by atoms with E-state index < -0.39 is 17.4 Å². The molecular weight excluding hydrogens is 207 g/mol. The number of Topliss-reactive ketones (excluding diaryl/α,β-unsaturated/α-hetero) is 1. The van der Waals surface area contributed by atoms with E-state index in [-0.39, 0.29) is 25.4 Å². The van der Waals surface area contributed by atoms with Gasteiger partial charge in [-0.05, 0) is 25.8 Å². The first-order chi connectivity index (χ1) is 6.97. The average Bonchev–Trinajstić information content (AvgIpc) is 2.47. The van der Waals surface area contributed by atoms with Gasteiger partial charge in [0.1, 0.15) is 5.41 Å². The smallest absolute Gasteiger partial charge is 0.315 e. The number of halogens is 3. The molecule has 2 fully saturated rings. The van der Waals surface area contributed by atoms with Crippen molar-refractivity contribution in [3.05, 3.63) is 0 Å². The van der Waals surface area contributed by atoms with E-state index >= 15 is 0 Å². The zero-order valence-electron chi connectivity index (χ0n) is 8.36. The largest absolute Gasteiger partial charge is 0.402 e. The van der Waals surface area contributed by atoms with Crippen LogP contribution in [-0.4, -0.2) is 25.0 Å². The number of hydrogen-bond acceptors (Lipinski definition) is 2. The molecule has 15 heavy (non-hydrogen) atoms. The van der Waals surface area contributed by atoms with E-state index in [9.17, 15) is 18.0 Å². The summed E-state index contributed by atoms with van der Waals surface area (Å²) in [5, 5.41) is 2.66. The first-order valence-corrected chi connectivity index (χ1v) is 5.29. The molecule has 0 spiro atoms. The minimum absolute atomic E-state index is 0.0914. The third kappa shape index (κ3) is 1.57. The van der Waals surface area contributed by atoms with E-state index in [1.165, 1.54) is 0 Å². The average molecular weight is 221 g/mol. The van der Waals surface area contributed by atoms with Crippen molar-refractivity contribution in [2.75, 3.05) is 13.1 Å². The molecule has 1 N–H and O–H groups in total. The highest BCUT2D eigenvalue weighted by molar-refractivity contribution is 5.89. The van der Waals surface area contributed by atoms with Crippen LogP contribution in [0.2, 0.25) is 0 Å². The molecule has 1 aliphatic carbocycles. The standard InChI is InChI=1S/C10H14F3NO/c11-10(12,13)9(4-5-14-6-9)8(15)7-2-1-3-7/h7,14H,1-6H2. The second-order valence-electron chi connectivity index (χ2n) is 4.50. The van der Waals surface area contributed by atoms with Crippen LogP contribution in [0.1, 0.15) is 25.7 Å². The van der Waals surface area contributed by atoms with E-state index in [2.05, 4.69) is 5.32 Å². The topological polar surface area (TPSA) is 29.1 Å². The Morgan fingerprint density at radius 2 is 2.00 bits per heavy atom. The minimum Gasteiger partial charge on any atom is -0.315 e. The SMILES string of the molecule is O=C(C1CCC1)C1(C(F)(F)F)CCNC1. The molecule has 86 valence electrons. The van der Waals surface area contributed by atoms with E-state index in [4.69, 9.17) is 0 Å². The molecule has 0 amide bonds. The third-order valence-corrected chi connectivity index (χ3v) is 3.65. The number of alkyl halides is 3. The molecule has 1 heterocycles. The molecule has 0 aromatic carbocycles. The van der Waals surface area contributed by atoms with Crippen molar-refractivity contribution in [1.82, 2.24) is 5.32 Å². The minimum atomic E-state index is -4.40. The molecule has 1 unspecified atom stereocenters. The lowest BCUT2D eigenvalue weighted by molar-refractivity contribution is -0.218. The van der Waals surface area contributed by atoms with Gasteiger partial charge in [0.2, 0.25) is 0 Å². The Bertz CT molecular complexity index is 264. The highest BCUT2D eigenvalue weighted by atomic mass is 19.4. The van der Waals surface area contributed by atoms with Crippen LogP contribution in [0, 0.1) is 11.3 Å². The summed E-state index contributed by atoms with van der Waals surface area (Å²) in [4.78, 5) is 11.8. The first-order valence-electron chi connectivity index (χ1n) is 5.29. The molecule has 0 radical (unpaired) electrons. The summed E-state index contributed by atoms with van der Waals surface area (Å²) >= 11 is 0. The van der Waals surface area contributed by atoms with E-state index in [0.717, 1.165) is 6.42 Å². The maximum Gasteiger partial charge on any atom is 0.402 e. The van der Waals surface area contributed by atoms with Crippen LogP contribution in [0.15, 0.2) is 0 Å². The highest BCUT2D eigenvalue weighted by Crippen LogP contribution is 2.47. The Morgan fingerprint density at radius 3 is 2.33 bits per heavy atom. The Balaban J connectivity index is 2.21. The van der Waals surface area contributed by atoms with Gasteiger partial charge in [-0.3, -0.25) is 4.79 Å². The summed E-state index contributed by atoms with van der Waals surface area (Å²) in [6, 6.07) is 0. The summed E-state index contributed by atoms with van der Waals surface area (Å²) in [5.74, 6) is -0.919. The van der Waals surface area contributed by atoms with Gasteiger partial charge in [-0.15, -0.1) is 0 Å². The monoisotopic (exact) mass is 221 g/mol. The fourth-order valence-electron chi connectivity index (χ4n) is 2.35. The normalized spacial score (nSPS) is 32.7. The molecule has 1 aliphatic heterocycles. The zero-order chi connectivity index (χ0) is 11.1. The number of carbonyl (C=O) groups is 1. The summed E-state index contributed by atoms with van der Waals surface area (Å²) < 4.78 is 38.8. The van der Waals surface area contributed by atoms with Crippen molar-refractivity contribution in [1.29, 1.82) is 0 Å². The molecule has 5 heteroatoms. The van der Waals surface area contributed by atoms with E-state index in [0.29, 0.717) is 12.8 Å². The Morgan fingerprint density at radius 1 is 1.33 bits per heavy atom. The molecular formula is C10H14F3NO. The van der Waals surface area contributed by atoms with Crippen molar-refractivity contribution in [2.45, 2.75) is 31.9 Å². The van der Waals surface area contributed by atoms with Gasteiger partial charge >= 0.3 is 6.18 Å². The van der Waals surface area contributed by atoms with Crippen LogP contribution >= 0.6 is 0 Å². The van der Waals surface area contributed by atoms with Crippen LogP contribution < -0.4 is 5.32 Å². The van der Waals surface area contributed by atoms with Gasteiger partial charge < -0.3 is 5.32 Å². The number of nitrogens with one attached hydrogen (secondary N) is 1. The Hall–Kier alpha value is -0.580. The van der Waals surface area contributed by atoms with Gasteiger partial charge in [0.25, 0.3) is 0 Å². The van der Waals surface area contributed by atoms with Crippen molar-refractivity contribution < 1.29 is 18.0 Å². The lowest BCUT2D eigenvalue weighted by atomic mass is 9.69. The molecule has 2 rings (SSSR count). The quantitative estimate of drug-likeness (QED) is 0.771. The molecule has 2 nitrogen and oxygen atoms in total.